The second kappa shape index (κ2) is 9.01. The van der Waals surface area contributed by atoms with Gasteiger partial charge in [0, 0.05) is 11.6 Å². The van der Waals surface area contributed by atoms with E-state index in [1.54, 1.807) is 0 Å². The maximum atomic E-state index is 9.56. The second-order valence-electron chi connectivity index (χ2n) is 7.09. The highest BCUT2D eigenvalue weighted by molar-refractivity contribution is 4.84. The Hall–Kier alpha value is -0.120. The van der Waals surface area contributed by atoms with Gasteiger partial charge in [0.1, 0.15) is 0 Å². The van der Waals surface area contributed by atoms with Crippen molar-refractivity contribution < 1.29 is 5.11 Å². The molecule has 1 heterocycles. The van der Waals surface area contributed by atoms with Crippen LogP contribution in [0.25, 0.3) is 0 Å². The fourth-order valence-electron chi connectivity index (χ4n) is 3.36. The quantitative estimate of drug-likeness (QED) is 0.605. The van der Waals surface area contributed by atoms with Crippen molar-refractivity contribution in [2.75, 3.05) is 26.2 Å². The maximum Gasteiger partial charge on any atom is 0.0610 e. The van der Waals surface area contributed by atoms with Crippen molar-refractivity contribution in [3.8, 4) is 0 Å². The molecule has 1 aliphatic heterocycles. The van der Waals surface area contributed by atoms with Gasteiger partial charge in [0.05, 0.1) is 6.61 Å². The van der Waals surface area contributed by atoms with E-state index < -0.39 is 0 Å². The second-order valence-corrected chi connectivity index (χ2v) is 7.09. The van der Waals surface area contributed by atoms with Gasteiger partial charge < -0.3 is 15.3 Å². The van der Waals surface area contributed by atoms with Crippen molar-refractivity contribution in [1.29, 1.82) is 0 Å². The molecule has 20 heavy (non-hydrogen) atoms. The molecule has 0 spiro atoms. The first kappa shape index (κ1) is 17.9. The summed E-state index contributed by atoms with van der Waals surface area (Å²) in [6.45, 7) is 12.8. The van der Waals surface area contributed by atoms with E-state index in [1.165, 1.54) is 38.8 Å². The number of nitrogens with zero attached hydrogens (tertiary/aromatic N) is 1. The molecule has 0 amide bonds. The molecule has 0 aromatic carbocycles. The highest BCUT2D eigenvalue weighted by atomic mass is 16.3. The zero-order valence-corrected chi connectivity index (χ0v) is 14.1. The normalized spacial score (nSPS) is 23.4. The number of rotatable bonds is 10. The molecule has 3 nitrogen and oxygen atoms in total. The summed E-state index contributed by atoms with van der Waals surface area (Å²) >= 11 is 0. The van der Waals surface area contributed by atoms with Crippen molar-refractivity contribution in [2.45, 2.75) is 77.8 Å². The molecule has 0 aliphatic carbocycles. The minimum absolute atomic E-state index is 0.0849. The lowest BCUT2D eigenvalue weighted by atomic mass is 9.95. The van der Waals surface area contributed by atoms with Gasteiger partial charge in [0.15, 0.2) is 0 Å². The summed E-state index contributed by atoms with van der Waals surface area (Å²) in [4.78, 5) is 2.68. The molecule has 3 heteroatoms. The molecular weight excluding hydrogens is 248 g/mol. The van der Waals surface area contributed by atoms with Crippen LogP contribution in [0.15, 0.2) is 0 Å². The van der Waals surface area contributed by atoms with E-state index in [-0.39, 0.29) is 12.1 Å². The number of aliphatic hydroxyl groups excluding tert-OH is 1. The molecule has 0 bridgehead atoms. The predicted molar refractivity (Wildman–Crippen MR) is 87.1 cm³/mol. The molecule has 120 valence electrons. The van der Waals surface area contributed by atoms with Crippen LogP contribution in [0.4, 0.5) is 0 Å². The lowest BCUT2D eigenvalue weighted by Gasteiger charge is -2.30. The van der Waals surface area contributed by atoms with E-state index in [9.17, 15) is 5.11 Å². The van der Waals surface area contributed by atoms with Gasteiger partial charge >= 0.3 is 0 Å². The third-order valence-electron chi connectivity index (χ3n) is 4.76. The van der Waals surface area contributed by atoms with Crippen molar-refractivity contribution in [3.05, 3.63) is 0 Å². The van der Waals surface area contributed by atoms with Gasteiger partial charge in [0.25, 0.3) is 0 Å². The molecule has 2 atom stereocenters. The number of unbranched alkanes of at least 4 members (excludes halogenated alkanes) is 1. The average Bonchev–Trinajstić information content (AvgIpc) is 2.90. The van der Waals surface area contributed by atoms with Crippen LogP contribution in [0.1, 0.15) is 66.2 Å². The standard InChI is InChI=1S/C17H36N2O/c1-5-11-18-17(4,14-20)10-6-7-12-19-13-8-9-16(19)15(2)3/h15-16,18,20H,5-14H2,1-4H3. The Morgan fingerprint density at radius 2 is 2.10 bits per heavy atom. The van der Waals surface area contributed by atoms with E-state index >= 15 is 0 Å². The highest BCUT2D eigenvalue weighted by Crippen LogP contribution is 2.24. The minimum atomic E-state index is -0.0849. The van der Waals surface area contributed by atoms with Gasteiger partial charge in [-0.25, -0.2) is 0 Å². The lowest BCUT2D eigenvalue weighted by molar-refractivity contribution is 0.157. The van der Waals surface area contributed by atoms with E-state index in [4.69, 9.17) is 0 Å². The third kappa shape index (κ3) is 5.71. The molecule has 0 aromatic heterocycles. The monoisotopic (exact) mass is 284 g/mol. The zero-order chi connectivity index (χ0) is 15.0. The first-order valence-electron chi connectivity index (χ1n) is 8.62. The number of aliphatic hydroxyl groups is 1. The van der Waals surface area contributed by atoms with Crippen molar-refractivity contribution >= 4 is 0 Å². The Labute approximate surface area is 126 Å². The van der Waals surface area contributed by atoms with E-state index in [0.717, 1.165) is 31.3 Å². The Kier molecular flexibility index (Phi) is 8.08. The molecular formula is C17H36N2O. The topological polar surface area (TPSA) is 35.5 Å². The molecule has 2 N–H and O–H groups in total. The van der Waals surface area contributed by atoms with Crippen LogP contribution >= 0.6 is 0 Å². The number of hydrogen-bond acceptors (Lipinski definition) is 3. The van der Waals surface area contributed by atoms with E-state index in [0.29, 0.717) is 0 Å². The summed E-state index contributed by atoms with van der Waals surface area (Å²) in [7, 11) is 0. The molecule has 0 saturated carbocycles. The molecule has 0 radical (unpaired) electrons. The first-order chi connectivity index (χ1) is 9.52. The summed E-state index contributed by atoms with van der Waals surface area (Å²) in [5.41, 5.74) is -0.0849. The third-order valence-corrected chi connectivity index (χ3v) is 4.76. The smallest absolute Gasteiger partial charge is 0.0610 e. The maximum absolute atomic E-state index is 9.56. The van der Waals surface area contributed by atoms with Crippen LogP contribution in [-0.2, 0) is 0 Å². The molecule has 1 fully saturated rings. The van der Waals surface area contributed by atoms with Gasteiger partial charge in [-0.1, -0.05) is 27.2 Å². The predicted octanol–water partition coefficient (Wildman–Crippen LogP) is 3.03. The van der Waals surface area contributed by atoms with Gasteiger partial charge in [-0.3, -0.25) is 0 Å². The van der Waals surface area contributed by atoms with Crippen LogP contribution in [-0.4, -0.2) is 47.8 Å². The Morgan fingerprint density at radius 3 is 2.70 bits per heavy atom. The zero-order valence-electron chi connectivity index (χ0n) is 14.1. The van der Waals surface area contributed by atoms with Crippen molar-refractivity contribution in [1.82, 2.24) is 10.2 Å². The molecule has 1 saturated heterocycles. The first-order valence-corrected chi connectivity index (χ1v) is 8.62. The average molecular weight is 284 g/mol. The Bertz CT molecular complexity index is 257. The Morgan fingerprint density at radius 1 is 1.35 bits per heavy atom. The minimum Gasteiger partial charge on any atom is -0.394 e. The van der Waals surface area contributed by atoms with Crippen LogP contribution in [0.5, 0.6) is 0 Å². The molecule has 0 aromatic rings. The van der Waals surface area contributed by atoms with E-state index in [2.05, 4.69) is 37.9 Å². The SMILES string of the molecule is CCCNC(C)(CO)CCCCN1CCCC1C(C)C. The van der Waals surface area contributed by atoms with Gasteiger partial charge in [-0.15, -0.1) is 0 Å². The van der Waals surface area contributed by atoms with Crippen LogP contribution in [0, 0.1) is 5.92 Å². The number of nitrogens with one attached hydrogen (secondary N) is 1. The summed E-state index contributed by atoms with van der Waals surface area (Å²) in [6, 6.07) is 0.803. The summed E-state index contributed by atoms with van der Waals surface area (Å²) in [6.07, 6.45) is 7.41. The van der Waals surface area contributed by atoms with Gasteiger partial charge in [-0.2, -0.15) is 0 Å². The number of likely N-dealkylation sites (tertiary alicyclic amines) is 1. The largest absolute Gasteiger partial charge is 0.394 e. The molecule has 1 aliphatic rings. The van der Waals surface area contributed by atoms with Gasteiger partial charge in [0.2, 0.25) is 0 Å². The fourth-order valence-corrected chi connectivity index (χ4v) is 3.36. The van der Waals surface area contributed by atoms with Crippen LogP contribution < -0.4 is 5.32 Å². The molecule has 2 unspecified atom stereocenters. The summed E-state index contributed by atoms with van der Waals surface area (Å²) in [5, 5.41) is 13.1. The van der Waals surface area contributed by atoms with Gasteiger partial charge in [-0.05, 0) is 64.6 Å². The fraction of sp³-hybridized carbons (Fsp3) is 1.00. The Balaban J connectivity index is 2.23. The van der Waals surface area contributed by atoms with E-state index in [1.807, 2.05) is 0 Å². The lowest BCUT2D eigenvalue weighted by Crippen LogP contribution is -2.46. The number of hydrogen-bond donors (Lipinski definition) is 2. The van der Waals surface area contributed by atoms with Crippen LogP contribution in [0.2, 0.25) is 0 Å². The molecule has 1 rings (SSSR count). The summed E-state index contributed by atoms with van der Waals surface area (Å²) < 4.78 is 0. The highest BCUT2D eigenvalue weighted by Gasteiger charge is 2.27. The summed E-state index contributed by atoms with van der Waals surface area (Å²) in [5.74, 6) is 0.784. The van der Waals surface area contributed by atoms with Crippen molar-refractivity contribution in [2.24, 2.45) is 5.92 Å². The van der Waals surface area contributed by atoms with Crippen LogP contribution in [0.3, 0.4) is 0 Å². The van der Waals surface area contributed by atoms with Crippen molar-refractivity contribution in [3.63, 3.8) is 0 Å².